The van der Waals surface area contributed by atoms with Crippen molar-refractivity contribution in [2.24, 2.45) is 5.10 Å². The van der Waals surface area contributed by atoms with Gasteiger partial charge in [-0.3, -0.25) is 0 Å². The van der Waals surface area contributed by atoms with Crippen molar-refractivity contribution in [3.63, 3.8) is 0 Å². The number of hydrogen-bond donors (Lipinski definition) is 2. The summed E-state index contributed by atoms with van der Waals surface area (Å²) in [6.07, 6.45) is 2.92. The van der Waals surface area contributed by atoms with Gasteiger partial charge in [0.25, 0.3) is 0 Å². The molecule has 6 heteroatoms. The molecule has 0 radical (unpaired) electrons. The van der Waals surface area contributed by atoms with Crippen LogP contribution in [0, 0.1) is 0 Å². The normalized spacial score (nSPS) is 10.3. The van der Waals surface area contributed by atoms with Crippen LogP contribution in [0.4, 0.5) is 4.79 Å². The van der Waals surface area contributed by atoms with Crippen molar-refractivity contribution in [1.82, 2.24) is 10.7 Å². The van der Waals surface area contributed by atoms with E-state index in [4.69, 9.17) is 4.42 Å². The average molecular weight is 246 g/mol. The van der Waals surface area contributed by atoms with Gasteiger partial charge in [0.15, 0.2) is 5.76 Å². The Labute approximate surface area is 83.3 Å². The Morgan fingerprint density at radius 2 is 2.54 bits per heavy atom. The van der Waals surface area contributed by atoms with Crippen LogP contribution in [0.15, 0.2) is 26.3 Å². The van der Waals surface area contributed by atoms with Crippen molar-refractivity contribution in [1.29, 1.82) is 0 Å². The van der Waals surface area contributed by atoms with Crippen molar-refractivity contribution in [3.05, 3.63) is 22.6 Å². The van der Waals surface area contributed by atoms with E-state index < -0.39 is 0 Å². The van der Waals surface area contributed by atoms with Gasteiger partial charge in [0, 0.05) is 7.05 Å². The second-order valence-corrected chi connectivity index (χ2v) is 2.94. The molecule has 1 aromatic rings. The van der Waals surface area contributed by atoms with Gasteiger partial charge in [-0.1, -0.05) is 0 Å². The van der Waals surface area contributed by atoms with Crippen molar-refractivity contribution in [2.75, 3.05) is 7.05 Å². The molecule has 2 N–H and O–H groups in total. The van der Waals surface area contributed by atoms with Crippen molar-refractivity contribution >= 4 is 28.2 Å². The first-order valence-corrected chi connectivity index (χ1v) is 4.27. The van der Waals surface area contributed by atoms with E-state index in [1.807, 2.05) is 0 Å². The molecular formula is C7H8BrN3O2. The summed E-state index contributed by atoms with van der Waals surface area (Å²) in [5.41, 5.74) is 2.24. The molecule has 0 bridgehead atoms. The molecule has 0 atom stereocenters. The fraction of sp³-hybridized carbons (Fsp3) is 0.143. The lowest BCUT2D eigenvalue weighted by Crippen LogP contribution is -2.28. The van der Waals surface area contributed by atoms with Crippen LogP contribution in [0.3, 0.4) is 0 Å². The molecule has 0 aliphatic heterocycles. The third-order valence-electron chi connectivity index (χ3n) is 1.22. The van der Waals surface area contributed by atoms with E-state index >= 15 is 0 Å². The number of rotatable bonds is 2. The highest BCUT2D eigenvalue weighted by Crippen LogP contribution is 2.14. The second-order valence-electron chi connectivity index (χ2n) is 2.08. The number of furan rings is 1. The van der Waals surface area contributed by atoms with Crippen molar-refractivity contribution in [3.8, 4) is 0 Å². The molecule has 1 heterocycles. The van der Waals surface area contributed by atoms with Gasteiger partial charge in [0.2, 0.25) is 0 Å². The Morgan fingerprint density at radius 1 is 1.77 bits per heavy atom. The Balaban J connectivity index is 2.50. The van der Waals surface area contributed by atoms with Crippen molar-refractivity contribution in [2.45, 2.75) is 0 Å². The van der Waals surface area contributed by atoms with E-state index in [1.165, 1.54) is 19.5 Å². The van der Waals surface area contributed by atoms with E-state index in [-0.39, 0.29) is 6.03 Å². The van der Waals surface area contributed by atoms with Crippen LogP contribution in [0.2, 0.25) is 0 Å². The van der Waals surface area contributed by atoms with Gasteiger partial charge in [-0.25, -0.2) is 10.2 Å². The van der Waals surface area contributed by atoms with Crippen LogP contribution in [0.1, 0.15) is 5.76 Å². The summed E-state index contributed by atoms with van der Waals surface area (Å²) in [6, 6.07) is 1.36. The lowest BCUT2D eigenvalue weighted by Gasteiger charge is -1.94. The standard InChI is InChI=1S/C7H8BrN3O2/c1-9-7(12)11-10-4-6-5(8)2-3-13-6/h2-4H,1H3,(H2,9,11,12)/b10-4+. The first-order chi connectivity index (χ1) is 6.24. The molecule has 0 aliphatic carbocycles. The Morgan fingerprint density at radius 3 is 3.08 bits per heavy atom. The highest BCUT2D eigenvalue weighted by Gasteiger charge is 1.98. The smallest absolute Gasteiger partial charge is 0.334 e. The van der Waals surface area contributed by atoms with Gasteiger partial charge in [-0.15, -0.1) is 0 Å². The number of hydrogen-bond acceptors (Lipinski definition) is 3. The molecule has 2 amide bonds. The van der Waals surface area contributed by atoms with E-state index in [9.17, 15) is 4.79 Å². The zero-order chi connectivity index (χ0) is 9.68. The monoisotopic (exact) mass is 245 g/mol. The molecule has 13 heavy (non-hydrogen) atoms. The van der Waals surface area contributed by atoms with Gasteiger partial charge >= 0.3 is 6.03 Å². The molecule has 0 fully saturated rings. The minimum atomic E-state index is -0.376. The predicted molar refractivity (Wildman–Crippen MR) is 51.6 cm³/mol. The largest absolute Gasteiger partial charge is 0.462 e. The average Bonchev–Trinajstić information content (AvgIpc) is 2.52. The summed E-state index contributed by atoms with van der Waals surface area (Å²) < 4.78 is 5.80. The number of halogens is 1. The van der Waals surface area contributed by atoms with Crippen LogP contribution in [0.5, 0.6) is 0 Å². The van der Waals surface area contributed by atoms with Gasteiger partial charge in [-0.05, 0) is 22.0 Å². The van der Waals surface area contributed by atoms with E-state index in [2.05, 4.69) is 31.8 Å². The quantitative estimate of drug-likeness (QED) is 0.610. The zero-order valence-electron chi connectivity index (χ0n) is 6.87. The van der Waals surface area contributed by atoms with Gasteiger partial charge < -0.3 is 9.73 Å². The Hall–Kier alpha value is -1.30. The number of nitrogens with one attached hydrogen (secondary N) is 2. The van der Waals surface area contributed by atoms with Crippen LogP contribution in [-0.4, -0.2) is 19.3 Å². The summed E-state index contributed by atoms with van der Waals surface area (Å²) in [4.78, 5) is 10.6. The lowest BCUT2D eigenvalue weighted by molar-refractivity contribution is 0.243. The summed E-state index contributed by atoms with van der Waals surface area (Å²) in [6.45, 7) is 0. The Bertz CT molecular complexity index is 321. The predicted octanol–water partition coefficient (Wildman–Crippen LogP) is 1.31. The number of hydrazone groups is 1. The SMILES string of the molecule is CNC(=O)N/N=C/c1occc1Br. The number of urea groups is 1. The molecule has 0 aliphatic rings. The van der Waals surface area contributed by atoms with Crippen LogP contribution < -0.4 is 10.7 Å². The van der Waals surface area contributed by atoms with Gasteiger partial charge in [-0.2, -0.15) is 5.10 Å². The number of amides is 2. The van der Waals surface area contributed by atoms with Crippen LogP contribution in [0.25, 0.3) is 0 Å². The van der Waals surface area contributed by atoms with E-state index in [0.29, 0.717) is 5.76 Å². The molecule has 1 aromatic heterocycles. The molecule has 0 spiro atoms. The van der Waals surface area contributed by atoms with Gasteiger partial charge in [0.1, 0.15) is 0 Å². The molecule has 0 saturated heterocycles. The van der Waals surface area contributed by atoms with E-state index in [0.717, 1.165) is 4.47 Å². The molecule has 0 saturated carbocycles. The third kappa shape index (κ3) is 2.90. The third-order valence-corrected chi connectivity index (χ3v) is 1.87. The maximum Gasteiger partial charge on any atom is 0.334 e. The molecule has 70 valence electrons. The van der Waals surface area contributed by atoms with Crippen LogP contribution in [-0.2, 0) is 0 Å². The number of carbonyl (C=O) groups excluding carboxylic acids is 1. The molecular weight excluding hydrogens is 238 g/mol. The maximum atomic E-state index is 10.6. The summed E-state index contributed by atoms with van der Waals surface area (Å²) in [7, 11) is 1.51. The maximum absolute atomic E-state index is 10.6. The molecule has 0 aromatic carbocycles. The summed E-state index contributed by atoms with van der Waals surface area (Å²) in [5.74, 6) is 0.552. The van der Waals surface area contributed by atoms with Gasteiger partial charge in [0.05, 0.1) is 17.0 Å². The number of nitrogens with zero attached hydrogens (tertiary/aromatic N) is 1. The highest BCUT2D eigenvalue weighted by atomic mass is 79.9. The molecule has 0 unspecified atom stereocenters. The Kier molecular flexibility index (Phi) is 3.51. The highest BCUT2D eigenvalue weighted by molar-refractivity contribution is 9.10. The van der Waals surface area contributed by atoms with Crippen molar-refractivity contribution < 1.29 is 9.21 Å². The second kappa shape index (κ2) is 4.66. The molecule has 5 nitrogen and oxygen atoms in total. The lowest BCUT2D eigenvalue weighted by atomic mass is 10.5. The first-order valence-electron chi connectivity index (χ1n) is 3.48. The minimum Gasteiger partial charge on any atom is -0.462 e. The summed E-state index contributed by atoms with van der Waals surface area (Å²) >= 11 is 3.24. The fourth-order valence-corrected chi connectivity index (χ4v) is 0.907. The van der Waals surface area contributed by atoms with Crippen LogP contribution >= 0.6 is 15.9 Å². The van der Waals surface area contributed by atoms with E-state index in [1.54, 1.807) is 6.07 Å². The molecule has 1 rings (SSSR count). The first kappa shape index (κ1) is 9.79. The fourth-order valence-electron chi connectivity index (χ4n) is 0.603. The summed E-state index contributed by atoms with van der Waals surface area (Å²) in [5, 5.41) is 5.99. The topological polar surface area (TPSA) is 66.6 Å². The minimum absolute atomic E-state index is 0.376. The zero-order valence-corrected chi connectivity index (χ0v) is 8.46. The number of carbonyl (C=O) groups is 1.